The topological polar surface area (TPSA) is 58.2 Å². The Labute approximate surface area is 155 Å². The summed E-state index contributed by atoms with van der Waals surface area (Å²) < 4.78 is 0. The molecule has 1 unspecified atom stereocenters. The van der Waals surface area contributed by atoms with Crippen LogP contribution in [0.5, 0.6) is 0 Å². The van der Waals surface area contributed by atoms with Crippen LogP contribution in [0.25, 0.3) is 0 Å². The number of anilines is 1. The third-order valence-corrected chi connectivity index (χ3v) is 5.57. The van der Waals surface area contributed by atoms with Gasteiger partial charge in [0.05, 0.1) is 0 Å². The zero-order valence-corrected chi connectivity index (χ0v) is 15.6. The van der Waals surface area contributed by atoms with E-state index in [2.05, 4.69) is 36.6 Å². The van der Waals surface area contributed by atoms with Gasteiger partial charge in [-0.2, -0.15) is 0 Å². The average molecular weight is 350 g/mol. The highest BCUT2D eigenvalue weighted by atomic mass is 16.2. The number of aryl methyl sites for hydroxylation is 1. The Hall–Kier alpha value is -2.62. The van der Waals surface area contributed by atoms with Crippen molar-refractivity contribution in [3.8, 4) is 0 Å². The van der Waals surface area contributed by atoms with Gasteiger partial charge < -0.3 is 10.6 Å². The summed E-state index contributed by atoms with van der Waals surface area (Å²) in [7, 11) is 0. The molecule has 2 aromatic rings. The van der Waals surface area contributed by atoms with Crippen molar-refractivity contribution in [3.63, 3.8) is 0 Å². The molecule has 0 aromatic heterocycles. The third-order valence-electron chi connectivity index (χ3n) is 5.57. The number of hydrogen-bond acceptors (Lipinski definition) is 2. The van der Waals surface area contributed by atoms with Gasteiger partial charge in [0.15, 0.2) is 0 Å². The van der Waals surface area contributed by atoms with E-state index in [4.69, 9.17) is 0 Å². The molecule has 1 saturated carbocycles. The molecular weight excluding hydrogens is 324 g/mol. The van der Waals surface area contributed by atoms with E-state index >= 15 is 0 Å². The number of amides is 2. The summed E-state index contributed by atoms with van der Waals surface area (Å²) in [4.78, 5) is 24.4. The Morgan fingerprint density at radius 1 is 0.962 bits per heavy atom. The van der Waals surface area contributed by atoms with Crippen LogP contribution < -0.4 is 10.6 Å². The van der Waals surface area contributed by atoms with Crippen LogP contribution in [-0.4, -0.2) is 18.4 Å². The van der Waals surface area contributed by atoms with Gasteiger partial charge in [0.1, 0.15) is 6.42 Å². The Morgan fingerprint density at radius 2 is 1.58 bits per heavy atom. The van der Waals surface area contributed by atoms with E-state index in [0.29, 0.717) is 6.54 Å². The van der Waals surface area contributed by atoms with E-state index in [1.807, 2.05) is 49.4 Å². The van der Waals surface area contributed by atoms with Crippen LogP contribution >= 0.6 is 0 Å². The predicted molar refractivity (Wildman–Crippen MR) is 104 cm³/mol. The highest BCUT2D eigenvalue weighted by molar-refractivity contribution is 6.03. The number of hydrogen-bond donors (Lipinski definition) is 2. The maximum Gasteiger partial charge on any atom is 0.233 e. The van der Waals surface area contributed by atoms with Gasteiger partial charge >= 0.3 is 0 Å². The number of benzene rings is 2. The predicted octanol–water partition coefficient (Wildman–Crippen LogP) is 3.81. The van der Waals surface area contributed by atoms with E-state index in [1.165, 1.54) is 5.56 Å². The van der Waals surface area contributed by atoms with Crippen LogP contribution in [0.3, 0.4) is 0 Å². The minimum Gasteiger partial charge on any atom is -0.355 e. The lowest BCUT2D eigenvalue weighted by atomic mass is 9.88. The quantitative estimate of drug-likeness (QED) is 0.779. The summed E-state index contributed by atoms with van der Waals surface area (Å²) in [6.45, 7) is 6.92. The third kappa shape index (κ3) is 3.64. The van der Waals surface area contributed by atoms with E-state index in [9.17, 15) is 9.59 Å². The molecule has 2 aromatic carbocycles. The van der Waals surface area contributed by atoms with Crippen molar-refractivity contribution in [1.82, 2.24) is 5.32 Å². The van der Waals surface area contributed by atoms with Gasteiger partial charge in [0.2, 0.25) is 11.8 Å². The molecule has 1 fully saturated rings. The number of rotatable bonds is 6. The van der Waals surface area contributed by atoms with Crippen LogP contribution in [0.4, 0.5) is 5.69 Å². The van der Waals surface area contributed by atoms with Gasteiger partial charge in [-0.25, -0.2) is 0 Å². The zero-order chi connectivity index (χ0) is 18.8. The first-order chi connectivity index (χ1) is 12.3. The Kier molecular flexibility index (Phi) is 4.86. The fraction of sp³-hybridized carbons (Fsp3) is 0.364. The molecule has 26 heavy (non-hydrogen) atoms. The van der Waals surface area contributed by atoms with Crippen molar-refractivity contribution in [2.75, 3.05) is 11.9 Å². The lowest BCUT2D eigenvalue weighted by Gasteiger charge is -2.22. The van der Waals surface area contributed by atoms with Gasteiger partial charge in [-0.1, -0.05) is 62.4 Å². The fourth-order valence-electron chi connectivity index (χ4n) is 3.73. The highest BCUT2D eigenvalue weighted by Gasteiger charge is 2.61. The van der Waals surface area contributed by atoms with Gasteiger partial charge in [0.25, 0.3) is 0 Å². The lowest BCUT2D eigenvalue weighted by Crippen LogP contribution is -2.36. The van der Waals surface area contributed by atoms with Crippen LogP contribution in [0.1, 0.15) is 37.8 Å². The molecule has 0 radical (unpaired) electrons. The minimum atomic E-state index is -0.291. The van der Waals surface area contributed by atoms with Crippen molar-refractivity contribution < 1.29 is 9.59 Å². The van der Waals surface area contributed by atoms with Crippen LogP contribution in [0.2, 0.25) is 0 Å². The van der Waals surface area contributed by atoms with Crippen molar-refractivity contribution in [2.24, 2.45) is 5.41 Å². The van der Waals surface area contributed by atoms with Crippen LogP contribution in [-0.2, 0) is 15.0 Å². The Balaban J connectivity index is 1.57. The summed E-state index contributed by atoms with van der Waals surface area (Å²) in [6, 6.07) is 17.8. The Morgan fingerprint density at radius 3 is 2.19 bits per heavy atom. The summed E-state index contributed by atoms with van der Waals surface area (Å²) in [5.74, 6) is -0.533. The molecule has 136 valence electrons. The van der Waals surface area contributed by atoms with Crippen LogP contribution in [0, 0.1) is 12.3 Å². The number of carbonyl (C=O) groups is 2. The molecule has 2 amide bonds. The first kappa shape index (κ1) is 18.2. The molecular formula is C22H26N2O2. The second-order valence-corrected chi connectivity index (χ2v) is 7.83. The summed E-state index contributed by atoms with van der Waals surface area (Å²) in [5.41, 5.74) is 3.06. The van der Waals surface area contributed by atoms with Crippen LogP contribution in [0.15, 0.2) is 54.6 Å². The molecule has 4 heteroatoms. The normalized spacial score (nSPS) is 20.3. The van der Waals surface area contributed by atoms with Gasteiger partial charge in [-0.3, -0.25) is 9.59 Å². The van der Waals surface area contributed by atoms with Gasteiger partial charge in [0, 0.05) is 17.6 Å². The standard InChI is InChI=1S/C22H26N2O2/c1-16-9-7-8-12-18(16)24-20(26)13-19(25)23-15-22(14-21(22,2)3)17-10-5-4-6-11-17/h4-12H,13-15H2,1-3H3,(H,23,25)(H,24,26). The highest BCUT2D eigenvalue weighted by Crippen LogP contribution is 2.63. The van der Waals surface area contributed by atoms with Gasteiger partial charge in [-0.15, -0.1) is 0 Å². The molecule has 1 atom stereocenters. The molecule has 4 nitrogen and oxygen atoms in total. The largest absolute Gasteiger partial charge is 0.355 e. The lowest BCUT2D eigenvalue weighted by molar-refractivity contribution is -0.126. The first-order valence-corrected chi connectivity index (χ1v) is 9.02. The first-order valence-electron chi connectivity index (χ1n) is 9.02. The van der Waals surface area contributed by atoms with Crippen molar-refractivity contribution in [2.45, 2.75) is 39.0 Å². The fourth-order valence-corrected chi connectivity index (χ4v) is 3.73. The van der Waals surface area contributed by atoms with Crippen molar-refractivity contribution in [3.05, 3.63) is 65.7 Å². The van der Waals surface area contributed by atoms with E-state index in [-0.39, 0.29) is 29.1 Å². The van der Waals surface area contributed by atoms with E-state index in [1.54, 1.807) is 0 Å². The second kappa shape index (κ2) is 6.94. The van der Waals surface area contributed by atoms with E-state index in [0.717, 1.165) is 17.7 Å². The Bertz CT molecular complexity index is 814. The smallest absolute Gasteiger partial charge is 0.233 e. The zero-order valence-electron chi connectivity index (χ0n) is 15.6. The molecule has 3 rings (SSSR count). The molecule has 0 saturated heterocycles. The molecule has 0 spiro atoms. The maximum atomic E-state index is 12.3. The van der Waals surface area contributed by atoms with Crippen molar-refractivity contribution in [1.29, 1.82) is 0 Å². The van der Waals surface area contributed by atoms with E-state index < -0.39 is 0 Å². The number of nitrogens with one attached hydrogen (secondary N) is 2. The summed E-state index contributed by atoms with van der Waals surface area (Å²) in [6.07, 6.45) is 0.860. The summed E-state index contributed by atoms with van der Waals surface area (Å²) >= 11 is 0. The molecule has 0 aliphatic heterocycles. The molecule has 0 bridgehead atoms. The molecule has 1 aliphatic carbocycles. The second-order valence-electron chi connectivity index (χ2n) is 7.83. The monoisotopic (exact) mass is 350 g/mol. The summed E-state index contributed by atoms with van der Waals surface area (Å²) in [5, 5.41) is 5.77. The molecule has 2 N–H and O–H groups in total. The number of carbonyl (C=O) groups excluding carboxylic acids is 2. The molecule has 1 aliphatic rings. The van der Waals surface area contributed by atoms with Crippen molar-refractivity contribution >= 4 is 17.5 Å². The number of para-hydroxylation sites is 1. The molecule has 0 heterocycles. The maximum absolute atomic E-state index is 12.3. The SMILES string of the molecule is Cc1ccccc1NC(=O)CC(=O)NCC1(c2ccccc2)CC1(C)C. The average Bonchev–Trinajstić information content (AvgIpc) is 3.18. The minimum absolute atomic E-state index is 0.0452. The van der Waals surface area contributed by atoms with Gasteiger partial charge in [-0.05, 0) is 36.0 Å².